The molecule has 0 unspecified atom stereocenters. The van der Waals surface area contributed by atoms with E-state index < -0.39 is 0 Å². The quantitative estimate of drug-likeness (QED) is 0.725. The topological polar surface area (TPSA) is 69.8 Å². The first-order valence-electron chi connectivity index (χ1n) is 6.96. The van der Waals surface area contributed by atoms with Gasteiger partial charge in [0, 0.05) is 43.2 Å². The molecule has 5 nitrogen and oxygen atoms in total. The van der Waals surface area contributed by atoms with Gasteiger partial charge in [-0.15, -0.1) is 0 Å². The highest BCUT2D eigenvalue weighted by atomic mass is 16.1. The zero-order chi connectivity index (χ0) is 13.8. The van der Waals surface area contributed by atoms with Crippen molar-refractivity contribution >= 4 is 11.6 Å². The molecule has 0 aliphatic carbocycles. The molecule has 0 saturated heterocycles. The minimum Gasteiger partial charge on any atom is -0.384 e. The van der Waals surface area contributed by atoms with Gasteiger partial charge in [-0.25, -0.2) is 4.98 Å². The second-order valence-corrected chi connectivity index (χ2v) is 4.94. The Bertz CT molecular complexity index is 592. The zero-order valence-corrected chi connectivity index (χ0v) is 11.3. The molecule has 2 aromatic rings. The van der Waals surface area contributed by atoms with E-state index >= 15 is 0 Å². The molecule has 0 radical (unpaired) electrons. The molecule has 0 bridgehead atoms. The lowest BCUT2D eigenvalue weighted by Gasteiger charge is -2.06. The lowest BCUT2D eigenvalue weighted by molar-refractivity contribution is 0.0953. The summed E-state index contributed by atoms with van der Waals surface area (Å²) >= 11 is 0. The molecule has 0 atom stereocenters. The number of aromatic amines is 1. The molecule has 1 aromatic heterocycles. The van der Waals surface area contributed by atoms with Crippen LogP contribution in [0.15, 0.2) is 30.6 Å². The summed E-state index contributed by atoms with van der Waals surface area (Å²) < 4.78 is 0. The predicted octanol–water partition coefficient (Wildman–Crippen LogP) is 1.74. The number of hydrogen-bond acceptors (Lipinski definition) is 3. The summed E-state index contributed by atoms with van der Waals surface area (Å²) in [5.74, 6) is 0.960. The third kappa shape index (κ3) is 2.82. The molecular formula is C15H18N4O. The maximum Gasteiger partial charge on any atom is 0.251 e. The van der Waals surface area contributed by atoms with Gasteiger partial charge in [0.2, 0.25) is 0 Å². The molecule has 0 saturated carbocycles. The molecule has 0 fully saturated rings. The van der Waals surface area contributed by atoms with Gasteiger partial charge in [-0.1, -0.05) is 0 Å². The number of hydrogen-bond donors (Lipinski definition) is 3. The van der Waals surface area contributed by atoms with E-state index in [0.29, 0.717) is 6.54 Å². The van der Waals surface area contributed by atoms with Crippen LogP contribution >= 0.6 is 0 Å². The summed E-state index contributed by atoms with van der Waals surface area (Å²) in [4.78, 5) is 19.3. The maximum absolute atomic E-state index is 12.1. The molecule has 1 amide bonds. The van der Waals surface area contributed by atoms with Crippen LogP contribution in [-0.2, 0) is 12.8 Å². The maximum atomic E-state index is 12.1. The molecule has 5 heteroatoms. The largest absolute Gasteiger partial charge is 0.384 e. The third-order valence-electron chi connectivity index (χ3n) is 3.51. The number of nitrogens with one attached hydrogen (secondary N) is 3. The minimum absolute atomic E-state index is 0.000792. The van der Waals surface area contributed by atoms with E-state index in [1.54, 1.807) is 6.20 Å². The van der Waals surface area contributed by atoms with Crippen LogP contribution in [0.25, 0.3) is 0 Å². The van der Waals surface area contributed by atoms with Crippen LogP contribution in [0.5, 0.6) is 0 Å². The van der Waals surface area contributed by atoms with Crippen LogP contribution < -0.4 is 10.6 Å². The highest BCUT2D eigenvalue weighted by Crippen LogP contribution is 2.22. The van der Waals surface area contributed by atoms with E-state index in [-0.39, 0.29) is 5.91 Å². The first-order valence-corrected chi connectivity index (χ1v) is 6.96. The molecule has 1 aromatic carbocycles. The van der Waals surface area contributed by atoms with Gasteiger partial charge in [0.25, 0.3) is 5.91 Å². The van der Waals surface area contributed by atoms with Crippen molar-refractivity contribution in [2.45, 2.75) is 19.3 Å². The number of imidazole rings is 1. The summed E-state index contributed by atoms with van der Waals surface area (Å²) in [6.45, 7) is 1.62. The Morgan fingerprint density at radius 2 is 2.35 bits per heavy atom. The first kappa shape index (κ1) is 12.7. The highest BCUT2D eigenvalue weighted by molar-refractivity contribution is 5.95. The fourth-order valence-electron chi connectivity index (χ4n) is 2.44. The molecule has 1 aliphatic heterocycles. The lowest BCUT2D eigenvalue weighted by Crippen LogP contribution is -2.24. The van der Waals surface area contributed by atoms with Crippen LogP contribution in [0.2, 0.25) is 0 Å². The van der Waals surface area contributed by atoms with Crippen LogP contribution in [0.1, 0.15) is 28.2 Å². The second-order valence-electron chi connectivity index (χ2n) is 4.94. The van der Waals surface area contributed by atoms with Crippen molar-refractivity contribution in [2.24, 2.45) is 0 Å². The third-order valence-corrected chi connectivity index (χ3v) is 3.51. The zero-order valence-electron chi connectivity index (χ0n) is 11.3. The number of amides is 1. The van der Waals surface area contributed by atoms with Crippen LogP contribution in [-0.4, -0.2) is 29.0 Å². The molecule has 3 N–H and O–H groups in total. The van der Waals surface area contributed by atoms with Crippen LogP contribution in [0, 0.1) is 0 Å². The Morgan fingerprint density at radius 3 is 3.20 bits per heavy atom. The fourth-order valence-corrected chi connectivity index (χ4v) is 2.44. The Labute approximate surface area is 117 Å². The van der Waals surface area contributed by atoms with Gasteiger partial charge >= 0.3 is 0 Å². The number of rotatable bonds is 5. The standard InChI is InChI=1S/C15H18N4O/c20-15(19-6-1-2-14-17-8-9-18-14)12-3-4-13-11(10-12)5-7-16-13/h3-4,8-10,16H,1-2,5-7H2,(H,17,18)(H,19,20). The van der Waals surface area contributed by atoms with Gasteiger partial charge in [-0.2, -0.15) is 0 Å². The second kappa shape index (κ2) is 5.77. The van der Waals surface area contributed by atoms with E-state index in [9.17, 15) is 4.79 Å². The first-order chi connectivity index (χ1) is 9.83. The number of fused-ring (bicyclic) bond motifs is 1. The van der Waals surface area contributed by atoms with E-state index in [0.717, 1.165) is 42.9 Å². The van der Waals surface area contributed by atoms with Crippen molar-refractivity contribution < 1.29 is 4.79 Å². The Hall–Kier alpha value is -2.30. The van der Waals surface area contributed by atoms with Crippen molar-refractivity contribution in [3.63, 3.8) is 0 Å². The van der Waals surface area contributed by atoms with Crippen molar-refractivity contribution in [1.82, 2.24) is 15.3 Å². The normalized spacial score (nSPS) is 12.8. The molecular weight excluding hydrogens is 252 g/mol. The number of benzene rings is 1. The number of nitrogens with zero attached hydrogens (tertiary/aromatic N) is 1. The van der Waals surface area contributed by atoms with E-state index in [4.69, 9.17) is 0 Å². The average Bonchev–Trinajstić information content (AvgIpc) is 3.13. The average molecular weight is 270 g/mol. The monoisotopic (exact) mass is 270 g/mol. The number of aryl methyl sites for hydroxylation is 1. The van der Waals surface area contributed by atoms with Gasteiger partial charge in [-0.3, -0.25) is 4.79 Å². The summed E-state index contributed by atoms with van der Waals surface area (Å²) in [7, 11) is 0. The molecule has 1 aliphatic rings. The molecule has 104 valence electrons. The summed E-state index contributed by atoms with van der Waals surface area (Å²) in [5.41, 5.74) is 3.12. The minimum atomic E-state index is -0.000792. The molecule has 2 heterocycles. The summed E-state index contributed by atoms with van der Waals surface area (Å²) in [6.07, 6.45) is 6.28. The van der Waals surface area contributed by atoms with E-state index in [1.165, 1.54) is 5.56 Å². The smallest absolute Gasteiger partial charge is 0.251 e. The predicted molar refractivity (Wildman–Crippen MR) is 77.9 cm³/mol. The number of H-pyrrole nitrogens is 1. The van der Waals surface area contributed by atoms with Gasteiger partial charge in [-0.05, 0) is 36.6 Å². The number of anilines is 1. The van der Waals surface area contributed by atoms with Crippen molar-refractivity contribution in [2.75, 3.05) is 18.4 Å². The lowest BCUT2D eigenvalue weighted by atomic mass is 10.1. The Kier molecular flexibility index (Phi) is 3.67. The Balaban J connectivity index is 1.49. The van der Waals surface area contributed by atoms with Gasteiger partial charge in [0.1, 0.15) is 5.82 Å². The van der Waals surface area contributed by atoms with Crippen molar-refractivity contribution in [3.8, 4) is 0 Å². The number of carbonyl (C=O) groups excluding carboxylic acids is 1. The number of carbonyl (C=O) groups is 1. The summed E-state index contributed by atoms with van der Waals surface area (Å²) in [5, 5.41) is 6.24. The molecule has 3 rings (SSSR count). The van der Waals surface area contributed by atoms with Crippen molar-refractivity contribution in [3.05, 3.63) is 47.5 Å². The van der Waals surface area contributed by atoms with Crippen LogP contribution in [0.3, 0.4) is 0 Å². The van der Waals surface area contributed by atoms with Gasteiger partial charge < -0.3 is 15.6 Å². The molecule has 0 spiro atoms. The van der Waals surface area contributed by atoms with E-state index in [2.05, 4.69) is 20.6 Å². The highest BCUT2D eigenvalue weighted by Gasteiger charge is 2.13. The SMILES string of the molecule is O=C(NCCCc1ncc[nH]1)c1ccc2c(c1)CCN2. The van der Waals surface area contributed by atoms with Gasteiger partial charge in [0.15, 0.2) is 0 Å². The number of aromatic nitrogens is 2. The van der Waals surface area contributed by atoms with Crippen LogP contribution in [0.4, 0.5) is 5.69 Å². The summed E-state index contributed by atoms with van der Waals surface area (Å²) in [6, 6.07) is 5.84. The fraction of sp³-hybridized carbons (Fsp3) is 0.333. The molecule has 20 heavy (non-hydrogen) atoms. The van der Waals surface area contributed by atoms with Gasteiger partial charge in [0.05, 0.1) is 0 Å². The van der Waals surface area contributed by atoms with E-state index in [1.807, 2.05) is 24.4 Å². The van der Waals surface area contributed by atoms with Crippen molar-refractivity contribution in [1.29, 1.82) is 0 Å². The Morgan fingerprint density at radius 1 is 1.40 bits per heavy atom.